The Hall–Kier alpha value is -2.99. The van der Waals surface area contributed by atoms with Gasteiger partial charge in [-0.3, -0.25) is 14.6 Å². The van der Waals surface area contributed by atoms with Gasteiger partial charge in [0.15, 0.2) is 5.78 Å². The number of pyridine rings is 1. The number of nitrogens with zero attached hydrogens (tertiary/aromatic N) is 3. The van der Waals surface area contributed by atoms with Gasteiger partial charge >= 0.3 is 0 Å². The molecule has 0 fully saturated rings. The van der Waals surface area contributed by atoms with Crippen LogP contribution in [0.1, 0.15) is 29.8 Å². The van der Waals surface area contributed by atoms with Crippen LogP contribution in [0.5, 0.6) is 0 Å². The van der Waals surface area contributed by atoms with Crippen LogP contribution in [-0.2, 0) is 6.54 Å². The van der Waals surface area contributed by atoms with E-state index in [0.29, 0.717) is 28.5 Å². The third-order valence-corrected chi connectivity index (χ3v) is 4.44. The zero-order valence-corrected chi connectivity index (χ0v) is 16.0. The van der Waals surface area contributed by atoms with Crippen molar-refractivity contribution in [2.75, 3.05) is 5.32 Å². The van der Waals surface area contributed by atoms with Gasteiger partial charge in [0.05, 0.1) is 17.4 Å². The van der Waals surface area contributed by atoms with Crippen LogP contribution in [0.15, 0.2) is 47.5 Å². The van der Waals surface area contributed by atoms with Crippen LogP contribution >= 0.6 is 11.6 Å². The number of benzene rings is 1. The Morgan fingerprint density at radius 3 is 2.70 bits per heavy atom. The number of hydrogen-bond donors (Lipinski definition) is 1. The first-order chi connectivity index (χ1) is 12.9. The fraction of sp³-hybridized carbons (Fsp3) is 0.200. The highest BCUT2D eigenvalue weighted by atomic mass is 35.5. The summed E-state index contributed by atoms with van der Waals surface area (Å²) in [5.74, 6) is -0.262. The lowest BCUT2D eigenvalue weighted by Crippen LogP contribution is -2.28. The van der Waals surface area contributed by atoms with Crippen molar-refractivity contribution in [2.24, 2.45) is 0 Å². The zero-order valence-electron chi connectivity index (χ0n) is 15.3. The van der Waals surface area contributed by atoms with E-state index in [9.17, 15) is 9.59 Å². The first-order valence-corrected chi connectivity index (χ1v) is 8.89. The van der Waals surface area contributed by atoms with E-state index in [2.05, 4.69) is 15.4 Å². The minimum absolute atomic E-state index is 0.186. The molecule has 0 aliphatic heterocycles. The summed E-state index contributed by atoms with van der Waals surface area (Å²) in [4.78, 5) is 29.5. The van der Waals surface area contributed by atoms with Gasteiger partial charge in [0.1, 0.15) is 11.4 Å². The summed E-state index contributed by atoms with van der Waals surface area (Å²) >= 11 is 6.12. The number of carbonyl (C=O) groups excluding carboxylic acids is 1. The first kappa shape index (κ1) is 18.8. The van der Waals surface area contributed by atoms with Crippen molar-refractivity contribution >= 4 is 28.8 Å². The number of anilines is 2. The van der Waals surface area contributed by atoms with Gasteiger partial charge in [-0.2, -0.15) is 5.10 Å². The molecule has 6 nitrogen and oxygen atoms in total. The van der Waals surface area contributed by atoms with E-state index in [1.165, 1.54) is 11.6 Å². The van der Waals surface area contributed by atoms with Crippen LogP contribution in [0, 0.1) is 6.92 Å². The minimum Gasteiger partial charge on any atom is -0.349 e. The van der Waals surface area contributed by atoms with Crippen molar-refractivity contribution in [2.45, 2.75) is 27.3 Å². The predicted molar refractivity (Wildman–Crippen MR) is 107 cm³/mol. The Morgan fingerprint density at radius 1 is 1.30 bits per heavy atom. The summed E-state index contributed by atoms with van der Waals surface area (Å²) in [7, 11) is 0. The lowest BCUT2D eigenvalue weighted by Gasteiger charge is -2.17. The Kier molecular flexibility index (Phi) is 5.37. The molecule has 7 heteroatoms. The van der Waals surface area contributed by atoms with E-state index < -0.39 is 0 Å². The first-order valence-electron chi connectivity index (χ1n) is 8.52. The average molecular weight is 383 g/mol. The largest absolute Gasteiger partial charge is 0.349 e. The molecule has 0 saturated heterocycles. The molecule has 0 aliphatic rings. The van der Waals surface area contributed by atoms with Crippen LogP contribution in [0.2, 0.25) is 5.02 Å². The normalized spacial score (nSPS) is 10.7. The highest BCUT2D eigenvalue weighted by Gasteiger charge is 2.22. The molecule has 3 aromatic rings. The molecule has 0 amide bonds. The quantitative estimate of drug-likeness (QED) is 0.668. The fourth-order valence-electron chi connectivity index (χ4n) is 2.81. The molecular weight excluding hydrogens is 364 g/mol. The maximum absolute atomic E-state index is 12.9. The number of hydrogen-bond acceptors (Lipinski definition) is 5. The third-order valence-electron chi connectivity index (χ3n) is 4.20. The molecule has 0 radical (unpaired) electrons. The number of carbonyl (C=O) groups is 1. The number of halogens is 1. The van der Waals surface area contributed by atoms with Crippen LogP contribution in [-0.4, -0.2) is 20.5 Å². The van der Waals surface area contributed by atoms with Gasteiger partial charge in [0.2, 0.25) is 0 Å². The predicted octanol–water partition coefficient (Wildman–Crippen LogP) is 4.23. The molecule has 0 bridgehead atoms. The lowest BCUT2D eigenvalue weighted by molar-refractivity contribution is 0.101. The van der Waals surface area contributed by atoms with E-state index in [1.54, 1.807) is 30.6 Å². The summed E-state index contributed by atoms with van der Waals surface area (Å²) in [6.07, 6.45) is 3.29. The van der Waals surface area contributed by atoms with Crippen molar-refractivity contribution in [3.8, 4) is 11.3 Å². The fourth-order valence-corrected chi connectivity index (χ4v) is 3.00. The SMILES string of the molecule is CCn1nc(-c2cccc(Cl)c2)c(C(C)=O)c(Nc2cnccc2C)c1=O. The highest BCUT2D eigenvalue weighted by Crippen LogP contribution is 2.29. The van der Waals surface area contributed by atoms with Crippen LogP contribution < -0.4 is 10.9 Å². The van der Waals surface area contributed by atoms with E-state index in [-0.39, 0.29) is 22.6 Å². The molecule has 1 N–H and O–H groups in total. The Bertz CT molecular complexity index is 1080. The van der Waals surface area contributed by atoms with Crippen molar-refractivity contribution < 1.29 is 4.79 Å². The van der Waals surface area contributed by atoms with Gasteiger partial charge in [0, 0.05) is 23.3 Å². The van der Waals surface area contributed by atoms with Crippen molar-refractivity contribution in [3.63, 3.8) is 0 Å². The third kappa shape index (κ3) is 3.75. The molecule has 0 spiro atoms. The second kappa shape index (κ2) is 7.72. The molecule has 0 aliphatic carbocycles. The van der Waals surface area contributed by atoms with Gasteiger partial charge in [0.25, 0.3) is 5.56 Å². The number of ketones is 1. The zero-order chi connectivity index (χ0) is 19.6. The number of rotatable bonds is 5. The molecule has 27 heavy (non-hydrogen) atoms. The van der Waals surface area contributed by atoms with E-state index in [4.69, 9.17) is 11.6 Å². The van der Waals surface area contributed by atoms with Gasteiger partial charge in [-0.05, 0) is 44.5 Å². The second-order valence-electron chi connectivity index (χ2n) is 6.10. The molecular formula is C20H19ClN4O2. The monoisotopic (exact) mass is 382 g/mol. The van der Waals surface area contributed by atoms with Crippen molar-refractivity contribution in [1.29, 1.82) is 0 Å². The molecule has 0 saturated carbocycles. The van der Waals surface area contributed by atoms with Crippen LogP contribution in [0.3, 0.4) is 0 Å². The number of aryl methyl sites for hydroxylation is 2. The number of aromatic nitrogens is 3. The summed E-state index contributed by atoms with van der Waals surface area (Å²) in [6.45, 7) is 5.50. The molecule has 1 aromatic carbocycles. The minimum atomic E-state index is -0.364. The second-order valence-corrected chi connectivity index (χ2v) is 6.54. The average Bonchev–Trinajstić information content (AvgIpc) is 2.64. The smallest absolute Gasteiger partial charge is 0.291 e. The molecule has 0 unspecified atom stereocenters. The van der Waals surface area contributed by atoms with E-state index >= 15 is 0 Å². The van der Waals surface area contributed by atoms with Crippen LogP contribution in [0.4, 0.5) is 11.4 Å². The van der Waals surface area contributed by atoms with E-state index in [1.807, 2.05) is 26.0 Å². The Morgan fingerprint density at radius 2 is 2.07 bits per heavy atom. The molecule has 3 rings (SSSR count). The molecule has 2 aromatic heterocycles. The lowest BCUT2D eigenvalue weighted by atomic mass is 10.0. The van der Waals surface area contributed by atoms with Gasteiger partial charge < -0.3 is 5.32 Å². The van der Waals surface area contributed by atoms with E-state index in [0.717, 1.165) is 5.56 Å². The summed E-state index contributed by atoms with van der Waals surface area (Å²) < 4.78 is 1.33. The maximum atomic E-state index is 12.9. The number of nitrogens with one attached hydrogen (secondary N) is 1. The van der Waals surface area contributed by atoms with Gasteiger partial charge in [-0.25, -0.2) is 4.68 Å². The highest BCUT2D eigenvalue weighted by molar-refractivity contribution is 6.30. The maximum Gasteiger partial charge on any atom is 0.291 e. The number of Topliss-reactive ketones (excluding diaryl/α,β-unsaturated/α-hetero) is 1. The Labute approximate surface area is 161 Å². The molecule has 0 atom stereocenters. The molecule has 2 heterocycles. The standard InChI is InChI=1S/C20H19ClN4O2/c1-4-25-20(27)19(23-16-11-22-9-8-12(16)2)17(13(3)26)18(24-25)14-6-5-7-15(21)10-14/h5-11,23H,4H2,1-3H3. The molecule has 138 valence electrons. The van der Waals surface area contributed by atoms with Gasteiger partial charge in [-0.15, -0.1) is 0 Å². The van der Waals surface area contributed by atoms with Crippen LogP contribution in [0.25, 0.3) is 11.3 Å². The van der Waals surface area contributed by atoms with Crippen molar-refractivity contribution in [3.05, 3.63) is 69.2 Å². The van der Waals surface area contributed by atoms with Crippen molar-refractivity contribution in [1.82, 2.24) is 14.8 Å². The summed E-state index contributed by atoms with van der Waals surface area (Å²) in [5.41, 5.74) is 2.69. The Balaban J connectivity index is 2.31. The van der Waals surface area contributed by atoms with Gasteiger partial charge in [-0.1, -0.05) is 23.7 Å². The summed E-state index contributed by atoms with van der Waals surface area (Å²) in [5, 5.41) is 8.04. The topological polar surface area (TPSA) is 76.9 Å². The summed E-state index contributed by atoms with van der Waals surface area (Å²) in [6, 6.07) is 8.88.